The molecule has 0 aliphatic heterocycles. The Kier molecular flexibility index (Phi) is 3.11. The fourth-order valence-electron chi connectivity index (χ4n) is 2.85. The van der Waals surface area contributed by atoms with Gasteiger partial charge in [0, 0.05) is 11.1 Å². The van der Waals surface area contributed by atoms with Crippen molar-refractivity contribution in [2.24, 2.45) is 0 Å². The van der Waals surface area contributed by atoms with Gasteiger partial charge in [-0.1, -0.05) is 41.9 Å². The van der Waals surface area contributed by atoms with E-state index in [2.05, 4.69) is 35.6 Å². The molecule has 0 amide bonds. The predicted octanol–water partition coefficient (Wildman–Crippen LogP) is 4.21. The molecule has 1 aliphatic rings. The summed E-state index contributed by atoms with van der Waals surface area (Å²) in [7, 11) is 2.04. The number of nitrogens with one attached hydrogen (secondary N) is 1. The molecular weight excluding hydrogens is 242 g/mol. The first-order chi connectivity index (χ1) is 8.79. The van der Waals surface area contributed by atoms with Gasteiger partial charge in [0.25, 0.3) is 0 Å². The van der Waals surface area contributed by atoms with Crippen molar-refractivity contribution < 1.29 is 0 Å². The van der Waals surface area contributed by atoms with Gasteiger partial charge in [-0.15, -0.1) is 0 Å². The van der Waals surface area contributed by atoms with Crippen LogP contribution in [0.25, 0.3) is 11.1 Å². The summed E-state index contributed by atoms with van der Waals surface area (Å²) in [6.45, 7) is 0. The average molecular weight is 258 g/mol. The summed E-state index contributed by atoms with van der Waals surface area (Å²) in [5.41, 5.74) is 5.54. The summed E-state index contributed by atoms with van der Waals surface area (Å²) in [5.74, 6) is 0. The lowest BCUT2D eigenvalue weighted by Gasteiger charge is -2.12. The van der Waals surface area contributed by atoms with Crippen molar-refractivity contribution in [3.8, 4) is 11.1 Å². The van der Waals surface area contributed by atoms with Crippen LogP contribution in [0.5, 0.6) is 0 Å². The van der Waals surface area contributed by atoms with Gasteiger partial charge in [0.2, 0.25) is 0 Å². The van der Waals surface area contributed by atoms with Crippen LogP contribution in [-0.4, -0.2) is 7.05 Å². The second-order valence-corrected chi connectivity index (χ2v) is 5.20. The third-order valence-corrected chi connectivity index (χ3v) is 4.03. The molecule has 3 rings (SSSR count). The molecule has 1 aliphatic carbocycles. The predicted molar refractivity (Wildman–Crippen MR) is 77.0 cm³/mol. The second kappa shape index (κ2) is 4.75. The minimum absolute atomic E-state index is 0.507. The number of fused-ring (bicyclic) bond motifs is 1. The van der Waals surface area contributed by atoms with E-state index in [9.17, 15) is 0 Å². The van der Waals surface area contributed by atoms with Crippen LogP contribution in [0.15, 0.2) is 42.5 Å². The standard InChI is InChI=1S/C16H16ClN/c1-18-16-10-9-14-13(3-2-4-15(14)16)11-5-7-12(17)8-6-11/h2-8,16,18H,9-10H2,1H3. The largest absolute Gasteiger partial charge is 0.313 e. The number of rotatable bonds is 2. The number of benzene rings is 2. The molecule has 0 fully saturated rings. The van der Waals surface area contributed by atoms with Gasteiger partial charge in [0.05, 0.1) is 0 Å². The van der Waals surface area contributed by atoms with Crippen molar-refractivity contribution in [1.82, 2.24) is 5.32 Å². The third kappa shape index (κ3) is 1.94. The van der Waals surface area contributed by atoms with E-state index in [0.717, 1.165) is 11.4 Å². The number of halogens is 1. The maximum atomic E-state index is 5.95. The zero-order valence-electron chi connectivity index (χ0n) is 10.4. The quantitative estimate of drug-likeness (QED) is 0.850. The second-order valence-electron chi connectivity index (χ2n) is 4.76. The molecule has 0 bridgehead atoms. The van der Waals surface area contributed by atoms with Crippen molar-refractivity contribution in [2.75, 3.05) is 7.05 Å². The molecule has 0 aromatic heterocycles. The summed E-state index contributed by atoms with van der Waals surface area (Å²) in [6.07, 6.45) is 2.34. The molecule has 2 aromatic rings. The molecule has 1 atom stereocenters. The number of hydrogen-bond acceptors (Lipinski definition) is 1. The van der Waals surface area contributed by atoms with Crippen LogP contribution in [0.1, 0.15) is 23.6 Å². The Morgan fingerprint density at radius 2 is 1.89 bits per heavy atom. The zero-order chi connectivity index (χ0) is 12.5. The van der Waals surface area contributed by atoms with Crippen LogP contribution in [-0.2, 0) is 6.42 Å². The Morgan fingerprint density at radius 3 is 2.61 bits per heavy atom. The van der Waals surface area contributed by atoms with Crippen LogP contribution >= 0.6 is 11.6 Å². The molecular formula is C16H16ClN. The monoisotopic (exact) mass is 257 g/mol. The number of hydrogen-bond donors (Lipinski definition) is 1. The first kappa shape index (κ1) is 11.8. The van der Waals surface area contributed by atoms with Crippen molar-refractivity contribution in [2.45, 2.75) is 18.9 Å². The molecule has 0 heterocycles. The Morgan fingerprint density at radius 1 is 1.11 bits per heavy atom. The highest BCUT2D eigenvalue weighted by atomic mass is 35.5. The topological polar surface area (TPSA) is 12.0 Å². The molecule has 0 saturated heterocycles. The average Bonchev–Trinajstić information content (AvgIpc) is 2.82. The molecule has 1 N–H and O–H groups in total. The SMILES string of the molecule is CNC1CCc2c(-c3ccc(Cl)cc3)cccc21. The van der Waals surface area contributed by atoms with Crippen molar-refractivity contribution in [3.05, 3.63) is 58.6 Å². The minimum atomic E-state index is 0.507. The molecule has 0 radical (unpaired) electrons. The molecule has 0 spiro atoms. The van der Waals surface area contributed by atoms with E-state index in [1.807, 2.05) is 19.2 Å². The van der Waals surface area contributed by atoms with Crippen molar-refractivity contribution >= 4 is 11.6 Å². The van der Waals surface area contributed by atoms with Gasteiger partial charge in [-0.25, -0.2) is 0 Å². The third-order valence-electron chi connectivity index (χ3n) is 3.77. The maximum Gasteiger partial charge on any atom is 0.0406 e. The minimum Gasteiger partial charge on any atom is -0.313 e. The van der Waals surface area contributed by atoms with E-state index < -0.39 is 0 Å². The summed E-state index contributed by atoms with van der Waals surface area (Å²) in [5, 5.41) is 4.18. The highest BCUT2D eigenvalue weighted by Gasteiger charge is 2.23. The molecule has 0 saturated carbocycles. The van der Waals surface area contributed by atoms with Gasteiger partial charge in [-0.05, 0) is 54.3 Å². The summed E-state index contributed by atoms with van der Waals surface area (Å²) >= 11 is 5.95. The van der Waals surface area contributed by atoms with Crippen molar-refractivity contribution in [3.63, 3.8) is 0 Å². The lowest BCUT2D eigenvalue weighted by Crippen LogP contribution is -2.12. The molecule has 18 heavy (non-hydrogen) atoms. The van der Waals surface area contributed by atoms with Gasteiger partial charge in [0.15, 0.2) is 0 Å². The van der Waals surface area contributed by atoms with Gasteiger partial charge in [-0.2, -0.15) is 0 Å². The Balaban J connectivity index is 2.09. The van der Waals surface area contributed by atoms with Crippen LogP contribution in [0.2, 0.25) is 5.02 Å². The van der Waals surface area contributed by atoms with Gasteiger partial charge >= 0.3 is 0 Å². The van der Waals surface area contributed by atoms with E-state index in [-0.39, 0.29) is 0 Å². The Bertz CT molecular complexity index is 560. The Labute approximate surface area is 113 Å². The lowest BCUT2D eigenvalue weighted by atomic mass is 9.96. The van der Waals surface area contributed by atoms with Gasteiger partial charge in [-0.3, -0.25) is 0 Å². The molecule has 1 unspecified atom stereocenters. The smallest absolute Gasteiger partial charge is 0.0406 e. The highest BCUT2D eigenvalue weighted by Crippen LogP contribution is 2.37. The van der Waals surface area contributed by atoms with E-state index >= 15 is 0 Å². The van der Waals surface area contributed by atoms with E-state index in [1.165, 1.54) is 28.7 Å². The summed E-state index contributed by atoms with van der Waals surface area (Å²) < 4.78 is 0. The zero-order valence-corrected chi connectivity index (χ0v) is 11.2. The van der Waals surface area contributed by atoms with Crippen molar-refractivity contribution in [1.29, 1.82) is 0 Å². The van der Waals surface area contributed by atoms with Gasteiger partial charge in [0.1, 0.15) is 0 Å². The normalized spacial score (nSPS) is 17.8. The molecule has 2 aromatic carbocycles. The first-order valence-corrected chi connectivity index (χ1v) is 6.72. The van der Waals surface area contributed by atoms with E-state index in [4.69, 9.17) is 11.6 Å². The first-order valence-electron chi connectivity index (χ1n) is 6.34. The van der Waals surface area contributed by atoms with Crippen LogP contribution in [0.3, 0.4) is 0 Å². The highest BCUT2D eigenvalue weighted by molar-refractivity contribution is 6.30. The van der Waals surface area contributed by atoms with E-state index in [0.29, 0.717) is 6.04 Å². The van der Waals surface area contributed by atoms with Crippen LogP contribution < -0.4 is 5.32 Å². The summed E-state index contributed by atoms with van der Waals surface area (Å²) in [6, 6.07) is 15.2. The Hall–Kier alpha value is -1.31. The fraction of sp³-hybridized carbons (Fsp3) is 0.250. The lowest BCUT2D eigenvalue weighted by molar-refractivity contribution is 0.590. The molecule has 1 nitrogen and oxygen atoms in total. The fourth-order valence-corrected chi connectivity index (χ4v) is 2.98. The molecule has 2 heteroatoms. The summed E-state index contributed by atoms with van der Waals surface area (Å²) in [4.78, 5) is 0. The van der Waals surface area contributed by atoms with Gasteiger partial charge < -0.3 is 5.32 Å². The van der Waals surface area contributed by atoms with Crippen LogP contribution in [0, 0.1) is 0 Å². The maximum absolute atomic E-state index is 5.95. The van der Waals surface area contributed by atoms with E-state index in [1.54, 1.807) is 0 Å². The van der Waals surface area contributed by atoms with Crippen LogP contribution in [0.4, 0.5) is 0 Å². The molecule has 92 valence electrons.